The van der Waals surface area contributed by atoms with Gasteiger partial charge >= 0.3 is 0 Å². The monoisotopic (exact) mass is 453 g/mol. The number of aryl methyl sites for hydroxylation is 1. The lowest BCUT2D eigenvalue weighted by Crippen LogP contribution is -2.16. The van der Waals surface area contributed by atoms with Crippen molar-refractivity contribution in [3.05, 3.63) is 45.6 Å². The van der Waals surface area contributed by atoms with Crippen molar-refractivity contribution < 1.29 is 9.84 Å². The molecule has 2 aromatic rings. The third kappa shape index (κ3) is 4.62. The Hall–Kier alpha value is -0.760. The summed E-state index contributed by atoms with van der Waals surface area (Å²) in [7, 11) is 0. The topological polar surface area (TPSA) is 77.2 Å². The molecule has 0 fully saturated rings. The van der Waals surface area contributed by atoms with Crippen LogP contribution in [-0.2, 0) is 6.42 Å². The molecule has 0 bridgehead atoms. The summed E-state index contributed by atoms with van der Waals surface area (Å²) in [5, 5.41) is 12.7. The molecule has 6 nitrogen and oxygen atoms in total. The Morgan fingerprint density at radius 3 is 2.82 bits per heavy atom. The van der Waals surface area contributed by atoms with Gasteiger partial charge in [-0.25, -0.2) is 4.45 Å². The maximum Gasteiger partial charge on any atom is 0.293 e. The molecule has 9 heteroatoms. The number of hydrogen-bond donors (Lipinski definition) is 1. The van der Waals surface area contributed by atoms with Crippen LogP contribution < -0.4 is 10.3 Å². The molecule has 2 heterocycles. The number of halogens is 2. The summed E-state index contributed by atoms with van der Waals surface area (Å²) in [4.78, 5) is 16.1. The van der Waals surface area contributed by atoms with E-state index in [4.69, 9.17) is 21.4 Å². The number of pyridine rings is 1. The van der Waals surface area contributed by atoms with Gasteiger partial charge in [0.2, 0.25) is 0 Å². The molecule has 0 aromatic carbocycles. The molecule has 0 amide bonds. The van der Waals surface area contributed by atoms with Gasteiger partial charge in [-0.2, -0.15) is 5.10 Å². The number of aliphatic hydroxyl groups excluding tert-OH is 1. The summed E-state index contributed by atoms with van der Waals surface area (Å²) in [5.74, 6) is 0.705. The fourth-order valence-corrected chi connectivity index (χ4v) is 3.27. The summed E-state index contributed by atoms with van der Waals surface area (Å²) in [6, 6.07) is 3.62. The van der Waals surface area contributed by atoms with E-state index in [1.807, 2.05) is 6.07 Å². The smallest absolute Gasteiger partial charge is 0.293 e. The largest absolute Gasteiger partial charge is 0.452 e. The Morgan fingerprint density at radius 1 is 1.36 bits per heavy atom. The van der Waals surface area contributed by atoms with E-state index in [1.165, 1.54) is 10.6 Å². The van der Waals surface area contributed by atoms with Gasteiger partial charge in [0.25, 0.3) is 5.56 Å². The molecule has 1 unspecified atom stereocenters. The van der Waals surface area contributed by atoms with Gasteiger partial charge in [0.15, 0.2) is 10.8 Å². The van der Waals surface area contributed by atoms with Crippen LogP contribution in [0.25, 0.3) is 0 Å². The molecule has 0 saturated carbocycles. The van der Waals surface area contributed by atoms with Gasteiger partial charge < -0.3 is 9.84 Å². The Balaban J connectivity index is 2.08. The van der Waals surface area contributed by atoms with Gasteiger partial charge in [-0.1, -0.05) is 11.6 Å². The molecule has 1 N–H and O–H groups in total. The third-order valence-electron chi connectivity index (χ3n) is 2.83. The second-order valence-electron chi connectivity index (χ2n) is 4.39. The van der Waals surface area contributed by atoms with E-state index in [-0.39, 0.29) is 29.3 Å². The van der Waals surface area contributed by atoms with E-state index in [9.17, 15) is 4.79 Å². The zero-order valence-electron chi connectivity index (χ0n) is 11.5. The van der Waals surface area contributed by atoms with Crippen molar-refractivity contribution in [2.24, 2.45) is 0 Å². The maximum absolute atomic E-state index is 11.9. The Kier molecular flexibility index (Phi) is 7.01. The van der Waals surface area contributed by atoms with Crippen molar-refractivity contribution >= 4 is 40.0 Å². The first-order chi connectivity index (χ1) is 10.7. The van der Waals surface area contributed by atoms with Crippen molar-refractivity contribution in [3.8, 4) is 11.5 Å². The van der Waals surface area contributed by atoms with E-state index >= 15 is 0 Å². The average Bonchev–Trinajstić information content (AvgIpc) is 2.54. The summed E-state index contributed by atoms with van der Waals surface area (Å²) in [6.07, 6.45) is 5.62. The van der Waals surface area contributed by atoms with E-state index in [0.29, 0.717) is 5.75 Å². The number of aromatic nitrogens is 3. The molecule has 0 aliphatic rings. The number of unbranched alkanes of at least 4 members (excludes halogenated alkanes) is 1. The van der Waals surface area contributed by atoms with Crippen molar-refractivity contribution in [1.29, 1.82) is 0 Å². The number of hydrogen-bond acceptors (Lipinski definition) is 5. The van der Waals surface area contributed by atoms with Crippen LogP contribution in [0.1, 0.15) is 18.5 Å². The minimum Gasteiger partial charge on any atom is -0.452 e. The van der Waals surface area contributed by atoms with Crippen LogP contribution in [-0.4, -0.2) is 26.2 Å². The van der Waals surface area contributed by atoms with Crippen molar-refractivity contribution in [2.75, 3.05) is 6.61 Å². The molecular weight excluding hydrogens is 439 g/mol. The predicted molar refractivity (Wildman–Crippen MR) is 95.6 cm³/mol. The highest BCUT2D eigenvalue weighted by molar-refractivity contribution is 14.2. The SMILES string of the molecule is O=c1c(Cl)c(Oc2ccc(CCCCO)nc2)cnn1PI. The lowest BCUT2D eigenvalue weighted by atomic mass is 10.2. The van der Waals surface area contributed by atoms with Gasteiger partial charge in [-0.05, 0) is 53.4 Å². The number of nitrogens with zero attached hydrogens (tertiary/aromatic N) is 3. The lowest BCUT2D eigenvalue weighted by Gasteiger charge is -2.08. The van der Waals surface area contributed by atoms with Crippen LogP contribution in [0.4, 0.5) is 0 Å². The van der Waals surface area contributed by atoms with Gasteiger partial charge in [-0.15, -0.1) is 0 Å². The van der Waals surface area contributed by atoms with Gasteiger partial charge in [0.1, 0.15) is 5.75 Å². The maximum atomic E-state index is 11.9. The van der Waals surface area contributed by atoms with Gasteiger partial charge in [0.05, 0.1) is 18.8 Å². The number of ether oxygens (including phenoxy) is 1. The molecule has 2 rings (SSSR count). The number of aliphatic hydroxyl groups is 1. The third-order valence-corrected chi connectivity index (χ3v) is 5.03. The molecular formula is C13H14ClIN3O3P. The van der Waals surface area contributed by atoms with Crippen LogP contribution in [0.2, 0.25) is 5.02 Å². The van der Waals surface area contributed by atoms with Gasteiger partial charge in [-0.3, -0.25) is 9.78 Å². The van der Waals surface area contributed by atoms with Crippen LogP contribution in [0.5, 0.6) is 11.5 Å². The summed E-state index contributed by atoms with van der Waals surface area (Å²) >= 11 is 8.05. The van der Waals surface area contributed by atoms with Gasteiger partial charge in [0, 0.05) is 12.3 Å². The second-order valence-corrected chi connectivity index (χ2v) is 6.81. The summed E-state index contributed by atoms with van der Waals surface area (Å²) in [5.41, 5.74) is 0.548. The molecule has 0 radical (unpaired) electrons. The fraction of sp³-hybridized carbons (Fsp3) is 0.308. The summed E-state index contributed by atoms with van der Waals surface area (Å²) < 4.78 is 6.84. The van der Waals surface area contributed by atoms with E-state index in [0.717, 1.165) is 25.0 Å². The van der Waals surface area contributed by atoms with E-state index < -0.39 is 0 Å². The normalized spacial score (nSPS) is 11.2. The minimum absolute atomic E-state index is 0.00573. The molecule has 118 valence electrons. The van der Waals surface area contributed by atoms with Crippen LogP contribution >= 0.6 is 40.0 Å². The van der Waals surface area contributed by atoms with Crippen molar-refractivity contribution in [2.45, 2.75) is 19.3 Å². The van der Waals surface area contributed by atoms with Crippen molar-refractivity contribution in [3.63, 3.8) is 0 Å². The summed E-state index contributed by atoms with van der Waals surface area (Å²) in [6.45, 7) is 0.190. The van der Waals surface area contributed by atoms with Crippen LogP contribution in [0.15, 0.2) is 29.3 Å². The van der Waals surface area contributed by atoms with Crippen LogP contribution in [0.3, 0.4) is 0 Å². The van der Waals surface area contributed by atoms with Crippen molar-refractivity contribution in [1.82, 2.24) is 14.5 Å². The standard InChI is InChI=1S/C13H14ClIN3O3P/c14-12-11(8-17-18(22-15)13(12)20)21-10-5-4-9(16-7-10)3-1-2-6-19/h4-5,7-8,19,22H,1-3,6H2. The first-order valence-corrected chi connectivity index (χ1v) is 11.0. The van der Waals surface area contributed by atoms with E-state index in [1.54, 1.807) is 12.3 Å². The first kappa shape index (κ1) is 17.6. The highest BCUT2D eigenvalue weighted by Crippen LogP contribution is 2.28. The van der Waals surface area contributed by atoms with Crippen LogP contribution in [0, 0.1) is 0 Å². The first-order valence-electron chi connectivity index (χ1n) is 6.54. The zero-order valence-corrected chi connectivity index (χ0v) is 15.4. The molecule has 2 aromatic heterocycles. The molecule has 1 atom stereocenters. The second kappa shape index (κ2) is 8.76. The molecule has 0 aliphatic carbocycles. The molecule has 0 spiro atoms. The molecule has 0 saturated heterocycles. The molecule has 22 heavy (non-hydrogen) atoms. The quantitative estimate of drug-likeness (QED) is 0.396. The predicted octanol–water partition coefficient (Wildman–Crippen LogP) is 3.19. The highest BCUT2D eigenvalue weighted by Gasteiger charge is 2.11. The highest BCUT2D eigenvalue weighted by atomic mass is 127. The van der Waals surface area contributed by atoms with E-state index in [2.05, 4.69) is 32.1 Å². The lowest BCUT2D eigenvalue weighted by molar-refractivity contribution is 0.284. The zero-order chi connectivity index (χ0) is 15.9. The molecule has 0 aliphatic heterocycles. The minimum atomic E-state index is -0.375. The number of rotatable bonds is 7. The Labute approximate surface area is 147 Å². The Morgan fingerprint density at radius 2 is 2.18 bits per heavy atom. The fourth-order valence-electron chi connectivity index (χ4n) is 1.71. The average molecular weight is 454 g/mol. The Bertz CT molecular complexity index is 681.